The van der Waals surface area contributed by atoms with E-state index in [-0.39, 0.29) is 16.9 Å². The molecule has 0 saturated carbocycles. The van der Waals surface area contributed by atoms with Crippen molar-refractivity contribution in [3.05, 3.63) is 49.7 Å². The van der Waals surface area contributed by atoms with E-state index >= 15 is 0 Å². The highest BCUT2D eigenvalue weighted by atomic mass is 79.9. The highest BCUT2D eigenvalue weighted by molar-refractivity contribution is 9.10. The molecule has 0 aliphatic rings. The van der Waals surface area contributed by atoms with Crippen LogP contribution in [-0.2, 0) is 6.42 Å². The number of hydrogen-bond acceptors (Lipinski definition) is 4. The number of benzene rings is 1. The molecular formula is C15H11BrN4O. The quantitative estimate of drug-likeness (QED) is 0.874. The number of nitrogens with one attached hydrogen (secondary N) is 1. The number of halogens is 1. The minimum Gasteiger partial charge on any atom is -0.384 e. The van der Waals surface area contributed by atoms with Crippen molar-refractivity contribution in [3.8, 4) is 23.3 Å². The van der Waals surface area contributed by atoms with Crippen LogP contribution in [0.2, 0.25) is 0 Å². The lowest BCUT2D eigenvalue weighted by Crippen LogP contribution is -2.16. The molecule has 1 heterocycles. The van der Waals surface area contributed by atoms with Gasteiger partial charge in [0.25, 0.3) is 5.56 Å². The fourth-order valence-corrected chi connectivity index (χ4v) is 2.56. The first-order valence-corrected chi connectivity index (χ1v) is 6.97. The lowest BCUT2D eigenvalue weighted by atomic mass is 9.92. The van der Waals surface area contributed by atoms with Crippen LogP contribution in [0, 0.1) is 22.7 Å². The first-order valence-electron chi connectivity index (χ1n) is 6.18. The SMILES string of the molecule is CCc1ccc(Br)cc1-c1c(C#N)c(N)[nH]c(=O)c1C#N. The van der Waals surface area contributed by atoms with E-state index in [4.69, 9.17) is 5.73 Å². The molecule has 0 spiro atoms. The molecule has 0 amide bonds. The van der Waals surface area contributed by atoms with E-state index in [1.165, 1.54) is 0 Å². The summed E-state index contributed by atoms with van der Waals surface area (Å²) in [6.45, 7) is 1.96. The number of nitrogens with zero attached hydrogens (tertiary/aromatic N) is 2. The number of pyridine rings is 1. The van der Waals surface area contributed by atoms with Crippen LogP contribution in [-0.4, -0.2) is 4.98 Å². The molecule has 3 N–H and O–H groups in total. The molecule has 0 radical (unpaired) electrons. The van der Waals surface area contributed by atoms with Crippen LogP contribution in [0.4, 0.5) is 5.82 Å². The number of aryl methyl sites for hydroxylation is 1. The van der Waals surface area contributed by atoms with Gasteiger partial charge in [0.1, 0.15) is 29.1 Å². The number of hydrogen-bond donors (Lipinski definition) is 2. The summed E-state index contributed by atoms with van der Waals surface area (Å²) in [6, 6.07) is 9.39. The number of H-pyrrole nitrogens is 1. The van der Waals surface area contributed by atoms with Crippen molar-refractivity contribution in [2.75, 3.05) is 5.73 Å². The second-order valence-electron chi connectivity index (χ2n) is 4.37. The molecule has 1 aromatic carbocycles. The molecule has 104 valence electrons. The Labute approximate surface area is 129 Å². The van der Waals surface area contributed by atoms with Gasteiger partial charge in [0.2, 0.25) is 0 Å². The predicted molar refractivity (Wildman–Crippen MR) is 83.4 cm³/mol. The van der Waals surface area contributed by atoms with Gasteiger partial charge in [-0.15, -0.1) is 0 Å². The van der Waals surface area contributed by atoms with Gasteiger partial charge in [0.15, 0.2) is 0 Å². The number of nitrogen functional groups attached to an aromatic ring is 1. The van der Waals surface area contributed by atoms with Crippen molar-refractivity contribution < 1.29 is 0 Å². The van der Waals surface area contributed by atoms with E-state index in [0.717, 1.165) is 10.0 Å². The topological polar surface area (TPSA) is 106 Å². The van der Waals surface area contributed by atoms with Crippen molar-refractivity contribution in [2.24, 2.45) is 0 Å². The number of aromatic nitrogens is 1. The normalized spacial score (nSPS) is 9.90. The summed E-state index contributed by atoms with van der Waals surface area (Å²) < 4.78 is 0.793. The van der Waals surface area contributed by atoms with Crippen LogP contribution in [0.3, 0.4) is 0 Å². The highest BCUT2D eigenvalue weighted by Crippen LogP contribution is 2.33. The Balaban J connectivity index is 3.00. The molecule has 0 bridgehead atoms. The zero-order valence-corrected chi connectivity index (χ0v) is 12.8. The second-order valence-corrected chi connectivity index (χ2v) is 5.29. The maximum atomic E-state index is 11.9. The molecule has 1 aromatic heterocycles. The zero-order chi connectivity index (χ0) is 15.6. The van der Waals surface area contributed by atoms with Gasteiger partial charge in [-0.1, -0.05) is 28.9 Å². The first-order chi connectivity index (χ1) is 10.0. The van der Waals surface area contributed by atoms with Gasteiger partial charge in [-0.3, -0.25) is 4.79 Å². The maximum Gasteiger partial charge on any atom is 0.268 e. The summed E-state index contributed by atoms with van der Waals surface area (Å²) in [5.41, 5.74) is 7.02. The number of aromatic amines is 1. The van der Waals surface area contributed by atoms with Crippen LogP contribution in [0.25, 0.3) is 11.1 Å². The minimum absolute atomic E-state index is 0.0291. The molecule has 0 atom stereocenters. The number of anilines is 1. The molecule has 0 saturated heterocycles. The minimum atomic E-state index is -0.592. The van der Waals surface area contributed by atoms with Crippen LogP contribution in [0.1, 0.15) is 23.6 Å². The standard InChI is InChI=1S/C15H11BrN4O/c1-2-8-3-4-9(16)5-10(8)13-11(6-17)14(19)20-15(21)12(13)7-18/h3-5H,2H2,1H3,(H3,19,20,21). The third kappa shape index (κ3) is 2.54. The molecule has 2 rings (SSSR count). The van der Waals surface area contributed by atoms with Crippen molar-refractivity contribution in [2.45, 2.75) is 13.3 Å². The number of rotatable bonds is 2. The fourth-order valence-electron chi connectivity index (χ4n) is 2.20. The second kappa shape index (κ2) is 5.82. The van der Waals surface area contributed by atoms with E-state index in [2.05, 4.69) is 20.9 Å². The van der Waals surface area contributed by atoms with Gasteiger partial charge >= 0.3 is 0 Å². The van der Waals surface area contributed by atoms with Gasteiger partial charge in [-0.25, -0.2) is 0 Å². The lowest BCUT2D eigenvalue weighted by molar-refractivity contribution is 1.13. The average molecular weight is 343 g/mol. The molecule has 6 heteroatoms. The summed E-state index contributed by atoms with van der Waals surface area (Å²) in [5.74, 6) is -0.0291. The van der Waals surface area contributed by atoms with Crippen LogP contribution in [0.15, 0.2) is 27.5 Å². The largest absolute Gasteiger partial charge is 0.384 e. The Hall–Kier alpha value is -2.57. The average Bonchev–Trinajstić information content (AvgIpc) is 2.46. The number of nitriles is 2. The van der Waals surface area contributed by atoms with Gasteiger partial charge in [-0.05, 0) is 29.7 Å². The molecule has 5 nitrogen and oxygen atoms in total. The third-order valence-corrected chi connectivity index (χ3v) is 3.68. The smallest absolute Gasteiger partial charge is 0.268 e. The molecule has 21 heavy (non-hydrogen) atoms. The van der Waals surface area contributed by atoms with Crippen molar-refractivity contribution >= 4 is 21.7 Å². The summed E-state index contributed by atoms with van der Waals surface area (Å²) >= 11 is 3.37. The molecular weight excluding hydrogens is 332 g/mol. The van der Waals surface area contributed by atoms with E-state index in [9.17, 15) is 15.3 Å². The molecule has 0 aliphatic carbocycles. The molecule has 2 aromatic rings. The van der Waals surface area contributed by atoms with Gasteiger partial charge in [0.05, 0.1) is 0 Å². The Morgan fingerprint density at radius 2 is 1.95 bits per heavy atom. The molecule has 0 unspecified atom stereocenters. The van der Waals surface area contributed by atoms with Gasteiger partial charge in [-0.2, -0.15) is 10.5 Å². The predicted octanol–water partition coefficient (Wildman–Crippen LogP) is 2.69. The van der Waals surface area contributed by atoms with E-state index in [0.29, 0.717) is 17.5 Å². The zero-order valence-electron chi connectivity index (χ0n) is 11.2. The van der Waals surface area contributed by atoms with Crippen molar-refractivity contribution in [1.29, 1.82) is 10.5 Å². The van der Waals surface area contributed by atoms with E-state index < -0.39 is 5.56 Å². The van der Waals surface area contributed by atoms with Gasteiger partial charge < -0.3 is 10.7 Å². The Kier molecular flexibility index (Phi) is 4.11. The van der Waals surface area contributed by atoms with Crippen molar-refractivity contribution in [1.82, 2.24) is 4.98 Å². The molecule has 0 aliphatic heterocycles. The Bertz CT molecular complexity index is 856. The molecule has 0 fully saturated rings. The van der Waals surface area contributed by atoms with Crippen molar-refractivity contribution in [3.63, 3.8) is 0 Å². The van der Waals surface area contributed by atoms with Crippen LogP contribution >= 0.6 is 15.9 Å². The number of nitrogens with two attached hydrogens (primary N) is 1. The van der Waals surface area contributed by atoms with E-state index in [1.54, 1.807) is 6.07 Å². The monoisotopic (exact) mass is 342 g/mol. The lowest BCUT2D eigenvalue weighted by Gasteiger charge is -2.13. The Morgan fingerprint density at radius 1 is 1.29 bits per heavy atom. The summed E-state index contributed by atoms with van der Waals surface area (Å²) in [6.07, 6.45) is 0.699. The Morgan fingerprint density at radius 3 is 2.52 bits per heavy atom. The maximum absolute atomic E-state index is 11.9. The first kappa shape index (κ1) is 14.8. The van der Waals surface area contributed by atoms with Crippen LogP contribution in [0.5, 0.6) is 0 Å². The van der Waals surface area contributed by atoms with Crippen LogP contribution < -0.4 is 11.3 Å². The highest BCUT2D eigenvalue weighted by Gasteiger charge is 2.20. The van der Waals surface area contributed by atoms with Gasteiger partial charge in [0, 0.05) is 10.0 Å². The fraction of sp³-hybridized carbons (Fsp3) is 0.133. The summed E-state index contributed by atoms with van der Waals surface area (Å²) in [5, 5.41) is 18.6. The third-order valence-electron chi connectivity index (χ3n) is 3.19. The summed E-state index contributed by atoms with van der Waals surface area (Å²) in [4.78, 5) is 14.3. The van der Waals surface area contributed by atoms with E-state index in [1.807, 2.05) is 31.2 Å². The summed E-state index contributed by atoms with van der Waals surface area (Å²) in [7, 11) is 0.